The number of aromatic hydroxyl groups is 1. The molecule has 158 valence electrons. The summed E-state index contributed by atoms with van der Waals surface area (Å²) in [6.07, 6.45) is 0. The third-order valence-electron chi connectivity index (χ3n) is 4.20. The Hall–Kier alpha value is -2.96. The number of phenolic OH excluding ortho intramolecular Hbond substituents is 1. The summed E-state index contributed by atoms with van der Waals surface area (Å²) in [5.74, 6) is 1.03. The second kappa shape index (κ2) is 11.1. The predicted molar refractivity (Wildman–Crippen MR) is 113 cm³/mol. The summed E-state index contributed by atoms with van der Waals surface area (Å²) in [5, 5.41) is 15.9. The first kappa shape index (κ1) is 22.3. The summed E-state index contributed by atoms with van der Waals surface area (Å²) in [7, 11) is 0. The highest BCUT2D eigenvalue weighted by atomic mass is 19.1. The molecule has 0 fully saturated rings. The van der Waals surface area contributed by atoms with Gasteiger partial charge >= 0.3 is 0 Å². The second-order valence-corrected chi connectivity index (χ2v) is 6.42. The lowest BCUT2D eigenvalue weighted by Gasteiger charge is -2.20. The van der Waals surface area contributed by atoms with Crippen LogP contribution in [0.15, 0.2) is 41.4 Å². The number of halogens is 1. The third kappa shape index (κ3) is 6.55. The maximum Gasteiger partial charge on any atom is 0.192 e. The monoisotopic (exact) mass is 403 g/mol. The summed E-state index contributed by atoms with van der Waals surface area (Å²) >= 11 is 0. The highest BCUT2D eigenvalue weighted by molar-refractivity contribution is 5.80. The van der Waals surface area contributed by atoms with E-state index in [2.05, 4.69) is 15.6 Å². The summed E-state index contributed by atoms with van der Waals surface area (Å²) in [5.41, 5.74) is 1.70. The van der Waals surface area contributed by atoms with E-state index in [9.17, 15) is 9.50 Å². The lowest BCUT2D eigenvalue weighted by molar-refractivity contribution is 0.287. The van der Waals surface area contributed by atoms with Crippen LogP contribution in [0.25, 0.3) is 0 Å². The topological polar surface area (TPSA) is 75.1 Å². The Balaban J connectivity index is 2.14. The number of phenols is 1. The predicted octanol–water partition coefficient (Wildman–Crippen LogP) is 4.15. The van der Waals surface area contributed by atoms with E-state index in [0.29, 0.717) is 37.0 Å². The number of benzene rings is 2. The number of rotatable bonds is 9. The van der Waals surface area contributed by atoms with Gasteiger partial charge < -0.3 is 25.2 Å². The fourth-order valence-electron chi connectivity index (χ4n) is 2.76. The Morgan fingerprint density at radius 2 is 1.79 bits per heavy atom. The Morgan fingerprint density at radius 3 is 2.45 bits per heavy atom. The SMILES string of the molecule is CCNC(=NCc1ccc(O)c(F)c1)NC(C)c1ccc(OCC)c(OCC)c1. The van der Waals surface area contributed by atoms with Crippen LogP contribution in [0.4, 0.5) is 4.39 Å². The summed E-state index contributed by atoms with van der Waals surface area (Å²) in [4.78, 5) is 4.52. The largest absolute Gasteiger partial charge is 0.505 e. The van der Waals surface area contributed by atoms with Gasteiger partial charge in [0.05, 0.1) is 25.8 Å². The lowest BCUT2D eigenvalue weighted by atomic mass is 10.1. The van der Waals surface area contributed by atoms with Crippen molar-refractivity contribution in [3.8, 4) is 17.2 Å². The molecule has 0 saturated carbocycles. The van der Waals surface area contributed by atoms with Gasteiger partial charge in [-0.3, -0.25) is 0 Å². The van der Waals surface area contributed by atoms with Crippen molar-refractivity contribution in [2.24, 2.45) is 4.99 Å². The van der Waals surface area contributed by atoms with Gasteiger partial charge in [0.25, 0.3) is 0 Å². The first-order valence-corrected chi connectivity index (χ1v) is 9.90. The molecule has 3 N–H and O–H groups in total. The highest BCUT2D eigenvalue weighted by Crippen LogP contribution is 2.30. The average Bonchev–Trinajstić information content (AvgIpc) is 2.70. The Kier molecular flexibility index (Phi) is 8.58. The summed E-state index contributed by atoms with van der Waals surface area (Å²) in [6.45, 7) is 9.98. The minimum Gasteiger partial charge on any atom is -0.505 e. The number of hydrogen-bond acceptors (Lipinski definition) is 4. The zero-order valence-corrected chi connectivity index (χ0v) is 17.5. The van der Waals surface area contributed by atoms with Crippen molar-refractivity contribution in [2.75, 3.05) is 19.8 Å². The molecule has 0 aliphatic rings. The van der Waals surface area contributed by atoms with Crippen LogP contribution in [0, 0.1) is 5.82 Å². The molecule has 0 aromatic heterocycles. The van der Waals surface area contributed by atoms with Gasteiger partial charge in [-0.2, -0.15) is 0 Å². The van der Waals surface area contributed by atoms with Crippen LogP contribution < -0.4 is 20.1 Å². The molecule has 0 radical (unpaired) electrons. The maximum atomic E-state index is 13.5. The minimum absolute atomic E-state index is 0.0424. The van der Waals surface area contributed by atoms with Crippen LogP contribution in [0.2, 0.25) is 0 Å². The Morgan fingerprint density at radius 1 is 1.07 bits per heavy atom. The summed E-state index contributed by atoms with van der Waals surface area (Å²) < 4.78 is 24.8. The molecule has 2 aromatic carbocycles. The Bertz CT molecular complexity index is 827. The van der Waals surface area contributed by atoms with Crippen molar-refractivity contribution < 1.29 is 19.0 Å². The molecular formula is C22H30FN3O3. The van der Waals surface area contributed by atoms with Crippen molar-refractivity contribution in [2.45, 2.75) is 40.3 Å². The van der Waals surface area contributed by atoms with Gasteiger partial charge in [0.1, 0.15) is 0 Å². The van der Waals surface area contributed by atoms with Crippen molar-refractivity contribution in [3.63, 3.8) is 0 Å². The number of aliphatic imine (C=N–C) groups is 1. The zero-order valence-electron chi connectivity index (χ0n) is 17.5. The van der Waals surface area contributed by atoms with E-state index in [1.807, 2.05) is 45.9 Å². The van der Waals surface area contributed by atoms with Crippen molar-refractivity contribution in [3.05, 3.63) is 53.3 Å². The second-order valence-electron chi connectivity index (χ2n) is 6.42. The third-order valence-corrected chi connectivity index (χ3v) is 4.20. The molecule has 0 heterocycles. The van der Waals surface area contributed by atoms with Gasteiger partial charge in [-0.05, 0) is 63.1 Å². The van der Waals surface area contributed by atoms with Crippen LogP contribution in [-0.4, -0.2) is 30.8 Å². The molecule has 0 aliphatic carbocycles. The fraction of sp³-hybridized carbons (Fsp3) is 0.409. The number of guanidine groups is 1. The molecule has 6 nitrogen and oxygen atoms in total. The number of nitrogens with zero attached hydrogens (tertiary/aromatic N) is 1. The van der Waals surface area contributed by atoms with E-state index >= 15 is 0 Å². The van der Waals surface area contributed by atoms with Gasteiger partial charge in [-0.15, -0.1) is 0 Å². The first-order chi connectivity index (χ1) is 14.0. The van der Waals surface area contributed by atoms with E-state index in [0.717, 1.165) is 11.3 Å². The zero-order chi connectivity index (χ0) is 21.2. The van der Waals surface area contributed by atoms with Crippen LogP contribution in [-0.2, 0) is 6.54 Å². The van der Waals surface area contributed by atoms with Gasteiger partial charge in [0.2, 0.25) is 0 Å². The molecule has 0 spiro atoms. The van der Waals surface area contributed by atoms with E-state index < -0.39 is 5.82 Å². The average molecular weight is 403 g/mol. The van der Waals surface area contributed by atoms with Gasteiger partial charge in [0.15, 0.2) is 29.0 Å². The smallest absolute Gasteiger partial charge is 0.192 e. The standard InChI is InChI=1S/C22H30FN3O3/c1-5-24-22(25-14-16-8-10-19(27)18(23)12-16)26-15(4)17-9-11-20(28-6-2)21(13-17)29-7-3/h8-13,15,27H,5-7,14H2,1-4H3,(H2,24,25,26). The van der Waals surface area contributed by atoms with Crippen LogP contribution >= 0.6 is 0 Å². The summed E-state index contributed by atoms with van der Waals surface area (Å²) in [6, 6.07) is 10.1. The minimum atomic E-state index is -0.651. The van der Waals surface area contributed by atoms with E-state index in [1.165, 1.54) is 12.1 Å². The van der Waals surface area contributed by atoms with Crippen LogP contribution in [0.3, 0.4) is 0 Å². The van der Waals surface area contributed by atoms with Crippen molar-refractivity contribution in [1.82, 2.24) is 10.6 Å². The number of nitrogens with one attached hydrogen (secondary N) is 2. The fourth-order valence-corrected chi connectivity index (χ4v) is 2.76. The molecule has 2 aromatic rings. The first-order valence-electron chi connectivity index (χ1n) is 9.90. The quantitative estimate of drug-likeness (QED) is 0.433. The van der Waals surface area contributed by atoms with E-state index in [1.54, 1.807) is 6.07 Å². The molecule has 0 bridgehead atoms. The van der Waals surface area contributed by atoms with Gasteiger partial charge in [0, 0.05) is 6.54 Å². The Labute approximate surface area is 171 Å². The van der Waals surface area contributed by atoms with E-state index in [-0.39, 0.29) is 18.3 Å². The maximum absolute atomic E-state index is 13.5. The lowest BCUT2D eigenvalue weighted by Crippen LogP contribution is -2.38. The van der Waals surface area contributed by atoms with E-state index in [4.69, 9.17) is 9.47 Å². The van der Waals surface area contributed by atoms with Crippen molar-refractivity contribution in [1.29, 1.82) is 0 Å². The molecule has 0 aliphatic heterocycles. The van der Waals surface area contributed by atoms with Gasteiger partial charge in [-0.25, -0.2) is 9.38 Å². The molecule has 1 atom stereocenters. The molecule has 29 heavy (non-hydrogen) atoms. The van der Waals surface area contributed by atoms with Crippen LogP contribution in [0.5, 0.6) is 17.2 Å². The molecular weight excluding hydrogens is 373 g/mol. The molecule has 7 heteroatoms. The van der Waals surface area contributed by atoms with Crippen molar-refractivity contribution >= 4 is 5.96 Å². The number of hydrogen-bond donors (Lipinski definition) is 3. The number of ether oxygens (including phenoxy) is 2. The molecule has 0 saturated heterocycles. The molecule has 2 rings (SSSR count). The molecule has 1 unspecified atom stereocenters. The molecule has 0 amide bonds. The normalized spacial score (nSPS) is 12.4. The van der Waals surface area contributed by atoms with Crippen LogP contribution in [0.1, 0.15) is 44.9 Å². The van der Waals surface area contributed by atoms with Gasteiger partial charge in [-0.1, -0.05) is 12.1 Å². The highest BCUT2D eigenvalue weighted by Gasteiger charge is 2.12.